The molecule has 1 N–H and O–H groups in total. The summed E-state index contributed by atoms with van der Waals surface area (Å²) in [5.74, 6) is -3.93. The van der Waals surface area contributed by atoms with Gasteiger partial charge in [0, 0.05) is 38.5 Å². The van der Waals surface area contributed by atoms with Crippen LogP contribution in [0.1, 0.15) is 53.4 Å². The van der Waals surface area contributed by atoms with Crippen LogP contribution >= 0.6 is 11.6 Å². The molecule has 198 valence electrons. The van der Waals surface area contributed by atoms with Crippen molar-refractivity contribution in [2.24, 2.45) is 0 Å². The maximum atomic E-state index is 13.7. The molecule has 0 aromatic carbocycles. The molecule has 1 aliphatic heterocycles. The fraction of sp³-hybridized carbons (Fsp3) is 0.583. The predicted molar refractivity (Wildman–Crippen MR) is 129 cm³/mol. The number of nitrogens with one attached hydrogen (secondary N) is 1. The first-order chi connectivity index (χ1) is 17.1. The van der Waals surface area contributed by atoms with Gasteiger partial charge in [0.2, 0.25) is 5.78 Å². The van der Waals surface area contributed by atoms with Crippen LogP contribution in [0.4, 0.5) is 8.78 Å². The molecule has 0 aliphatic carbocycles. The predicted octanol–water partition coefficient (Wildman–Crippen LogP) is 3.22. The Morgan fingerprint density at radius 3 is 2.58 bits per heavy atom. The van der Waals surface area contributed by atoms with Crippen molar-refractivity contribution in [3.63, 3.8) is 0 Å². The Bertz CT molecular complexity index is 1020. The van der Waals surface area contributed by atoms with Crippen molar-refractivity contribution >= 4 is 23.3 Å². The van der Waals surface area contributed by atoms with Gasteiger partial charge >= 0.3 is 0 Å². The number of amides is 1. The summed E-state index contributed by atoms with van der Waals surface area (Å²) in [5, 5.41) is 7.69. The molecule has 0 atom stereocenters. The van der Waals surface area contributed by atoms with Gasteiger partial charge < -0.3 is 19.7 Å². The number of likely N-dealkylation sites (tertiary alicyclic amines) is 1. The lowest BCUT2D eigenvalue weighted by Gasteiger charge is -2.34. The first-order valence-corrected chi connectivity index (χ1v) is 12.2. The number of piperidine rings is 1. The molecule has 3 heterocycles. The summed E-state index contributed by atoms with van der Waals surface area (Å²) in [6.07, 6.45) is 2.96. The minimum absolute atomic E-state index is 0.0167. The average Bonchev–Trinajstić information content (AvgIpc) is 3.22. The van der Waals surface area contributed by atoms with Crippen molar-refractivity contribution < 1.29 is 27.8 Å². The zero-order chi connectivity index (χ0) is 26.3. The van der Waals surface area contributed by atoms with Crippen LogP contribution in [0.5, 0.6) is 0 Å². The van der Waals surface area contributed by atoms with E-state index in [2.05, 4.69) is 38.9 Å². The summed E-state index contributed by atoms with van der Waals surface area (Å²) in [7, 11) is 1.18. The van der Waals surface area contributed by atoms with E-state index in [1.54, 1.807) is 6.07 Å². The normalized spacial score (nSPS) is 15.4. The number of methoxy groups -OCH3 is 1. The van der Waals surface area contributed by atoms with Crippen LogP contribution in [0.3, 0.4) is 0 Å². The SMILES string of the molecule is COCC(F)(F)COCc1cc(C(=O)NC2CCN(C(C)C)CC2)n(CC(=O)c2ccc(Cl)cn2)n1. The van der Waals surface area contributed by atoms with Gasteiger partial charge in [0.1, 0.15) is 31.1 Å². The van der Waals surface area contributed by atoms with Gasteiger partial charge in [-0.3, -0.25) is 19.3 Å². The van der Waals surface area contributed by atoms with E-state index < -0.39 is 25.0 Å². The van der Waals surface area contributed by atoms with Crippen LogP contribution in [-0.4, -0.2) is 82.8 Å². The lowest BCUT2D eigenvalue weighted by atomic mass is 10.0. The largest absolute Gasteiger partial charge is 0.378 e. The minimum Gasteiger partial charge on any atom is -0.378 e. The number of hydrogen-bond donors (Lipinski definition) is 1. The molecule has 0 saturated carbocycles. The fourth-order valence-electron chi connectivity index (χ4n) is 3.98. The van der Waals surface area contributed by atoms with Gasteiger partial charge in [-0.05, 0) is 44.9 Å². The molecule has 0 unspecified atom stereocenters. The number of aromatic nitrogens is 3. The van der Waals surface area contributed by atoms with Crippen molar-refractivity contribution in [1.82, 2.24) is 25.0 Å². The molecule has 1 aliphatic rings. The number of Topliss-reactive ketones (excluding diaryl/α,β-unsaturated/α-hetero) is 1. The summed E-state index contributed by atoms with van der Waals surface area (Å²) in [6, 6.07) is 4.90. The van der Waals surface area contributed by atoms with Crippen LogP contribution in [0, 0.1) is 0 Å². The molecule has 36 heavy (non-hydrogen) atoms. The van der Waals surface area contributed by atoms with Gasteiger partial charge in [-0.2, -0.15) is 5.10 Å². The maximum Gasteiger partial charge on any atom is 0.293 e. The number of halogens is 3. The third-order valence-corrected chi connectivity index (χ3v) is 6.11. The Kier molecular flexibility index (Phi) is 9.89. The van der Waals surface area contributed by atoms with Gasteiger partial charge in [0.25, 0.3) is 11.8 Å². The number of nitrogens with zero attached hydrogens (tertiary/aromatic N) is 4. The number of alkyl halides is 2. The number of rotatable bonds is 12. The third-order valence-electron chi connectivity index (χ3n) is 5.88. The number of hydrogen-bond acceptors (Lipinski definition) is 7. The number of carbonyl (C=O) groups excluding carboxylic acids is 2. The number of ether oxygens (including phenoxy) is 2. The highest BCUT2D eigenvalue weighted by Crippen LogP contribution is 2.17. The highest BCUT2D eigenvalue weighted by atomic mass is 35.5. The Morgan fingerprint density at radius 2 is 1.97 bits per heavy atom. The summed E-state index contributed by atoms with van der Waals surface area (Å²) < 4.78 is 38.2. The second kappa shape index (κ2) is 12.7. The van der Waals surface area contributed by atoms with E-state index in [1.165, 1.54) is 30.1 Å². The minimum atomic E-state index is -3.15. The van der Waals surface area contributed by atoms with Crippen LogP contribution in [-0.2, 0) is 22.6 Å². The van der Waals surface area contributed by atoms with Gasteiger partial charge in [0.05, 0.1) is 17.3 Å². The maximum absolute atomic E-state index is 13.7. The lowest BCUT2D eigenvalue weighted by molar-refractivity contribution is -0.119. The molecule has 1 amide bonds. The Morgan fingerprint density at radius 1 is 1.25 bits per heavy atom. The Labute approximate surface area is 214 Å². The standard InChI is InChI=1S/C24H32ClF2N5O4/c1-16(2)31-8-6-18(7-9-31)29-23(34)21-10-19(13-36-15-24(26,27)14-35-3)30-32(21)12-22(33)20-5-4-17(25)11-28-20/h4-5,10-11,16,18H,6-9,12-15H2,1-3H3,(H,29,34). The molecule has 0 bridgehead atoms. The number of pyridine rings is 1. The van der Waals surface area contributed by atoms with E-state index >= 15 is 0 Å². The average molecular weight is 528 g/mol. The van der Waals surface area contributed by atoms with Gasteiger partial charge in [-0.15, -0.1) is 0 Å². The highest BCUT2D eigenvalue weighted by Gasteiger charge is 2.30. The molecule has 9 nitrogen and oxygen atoms in total. The van der Waals surface area contributed by atoms with Crippen LogP contribution in [0.25, 0.3) is 0 Å². The van der Waals surface area contributed by atoms with Gasteiger partial charge in [-0.1, -0.05) is 11.6 Å². The van der Waals surface area contributed by atoms with E-state index in [-0.39, 0.29) is 42.1 Å². The van der Waals surface area contributed by atoms with E-state index in [0.29, 0.717) is 11.1 Å². The summed E-state index contributed by atoms with van der Waals surface area (Å²) >= 11 is 5.84. The van der Waals surface area contributed by atoms with E-state index in [0.717, 1.165) is 25.9 Å². The second-order valence-electron chi connectivity index (χ2n) is 9.12. The van der Waals surface area contributed by atoms with E-state index in [1.807, 2.05) is 0 Å². The molecule has 0 spiro atoms. The summed E-state index contributed by atoms with van der Waals surface area (Å²) in [6.45, 7) is 3.87. The van der Waals surface area contributed by atoms with E-state index in [9.17, 15) is 18.4 Å². The first-order valence-electron chi connectivity index (χ1n) is 11.8. The fourth-order valence-corrected chi connectivity index (χ4v) is 4.09. The van der Waals surface area contributed by atoms with Crippen molar-refractivity contribution in [3.8, 4) is 0 Å². The molecule has 2 aromatic rings. The van der Waals surface area contributed by atoms with Crippen LogP contribution < -0.4 is 5.32 Å². The highest BCUT2D eigenvalue weighted by molar-refractivity contribution is 6.30. The Hall–Kier alpha value is -2.47. The molecule has 0 radical (unpaired) electrons. The number of ketones is 1. The quantitative estimate of drug-likeness (QED) is 0.423. The molecule has 12 heteroatoms. The molecular weight excluding hydrogens is 496 g/mol. The molecule has 2 aromatic heterocycles. The van der Waals surface area contributed by atoms with Gasteiger partial charge in [-0.25, -0.2) is 8.78 Å². The Balaban J connectivity index is 1.72. The first kappa shape index (κ1) is 28.1. The van der Waals surface area contributed by atoms with E-state index in [4.69, 9.17) is 16.3 Å². The topological polar surface area (TPSA) is 98.6 Å². The molecular formula is C24H32ClF2N5O4. The molecule has 1 saturated heterocycles. The lowest BCUT2D eigenvalue weighted by Crippen LogP contribution is -2.47. The zero-order valence-electron chi connectivity index (χ0n) is 20.7. The summed E-state index contributed by atoms with van der Waals surface area (Å²) in [5.41, 5.74) is 0.560. The van der Waals surface area contributed by atoms with Crippen LogP contribution in [0.2, 0.25) is 5.02 Å². The van der Waals surface area contributed by atoms with Crippen LogP contribution in [0.15, 0.2) is 24.4 Å². The van der Waals surface area contributed by atoms with Gasteiger partial charge in [0.15, 0.2) is 0 Å². The smallest absolute Gasteiger partial charge is 0.293 e. The number of carbonyl (C=O) groups is 2. The molecule has 1 fully saturated rings. The second-order valence-corrected chi connectivity index (χ2v) is 9.56. The van der Waals surface area contributed by atoms with Crippen molar-refractivity contribution in [1.29, 1.82) is 0 Å². The van der Waals surface area contributed by atoms with Crippen molar-refractivity contribution in [2.75, 3.05) is 33.4 Å². The molecule has 3 rings (SSSR count). The zero-order valence-corrected chi connectivity index (χ0v) is 21.4. The monoisotopic (exact) mass is 527 g/mol. The van der Waals surface area contributed by atoms with Crippen molar-refractivity contribution in [3.05, 3.63) is 46.5 Å². The van der Waals surface area contributed by atoms with Crippen molar-refractivity contribution in [2.45, 2.75) is 57.8 Å². The summed E-state index contributed by atoms with van der Waals surface area (Å²) in [4.78, 5) is 32.3. The third kappa shape index (κ3) is 8.02.